The molecule has 1 rings (SSSR count). The molecule has 0 spiro atoms. The SMILES string of the molecule is CCOC(=O)CC(CCCCI)[C@H](C[Si](C)(C)C)[S@@](=O)c1ccc(C)cc1. The normalized spacial score (nSPS) is 15.2. The summed E-state index contributed by atoms with van der Waals surface area (Å²) in [7, 11) is -2.56. The van der Waals surface area contributed by atoms with Crippen LogP contribution in [-0.4, -0.2) is 34.5 Å². The van der Waals surface area contributed by atoms with Crippen LogP contribution in [-0.2, 0) is 20.3 Å². The van der Waals surface area contributed by atoms with Crippen molar-refractivity contribution in [2.24, 2.45) is 5.92 Å². The van der Waals surface area contributed by atoms with Crippen LogP contribution in [0.2, 0.25) is 25.7 Å². The van der Waals surface area contributed by atoms with E-state index in [0.29, 0.717) is 13.0 Å². The first kappa shape index (κ1) is 24.8. The lowest BCUT2D eigenvalue weighted by Crippen LogP contribution is -2.36. The van der Waals surface area contributed by atoms with E-state index in [4.69, 9.17) is 4.74 Å². The molecular formula is C21H35IO3SSi. The number of rotatable bonds is 12. The number of hydrogen-bond donors (Lipinski definition) is 0. The average molecular weight is 523 g/mol. The molecule has 0 aliphatic rings. The van der Waals surface area contributed by atoms with E-state index in [1.807, 2.05) is 38.1 Å². The van der Waals surface area contributed by atoms with Crippen LogP contribution >= 0.6 is 22.6 Å². The number of alkyl halides is 1. The second kappa shape index (κ2) is 12.4. The van der Waals surface area contributed by atoms with E-state index in [1.165, 1.54) is 5.56 Å². The summed E-state index contributed by atoms with van der Waals surface area (Å²) in [6, 6.07) is 8.97. The van der Waals surface area contributed by atoms with Crippen LogP contribution in [0.1, 0.15) is 38.2 Å². The first-order valence-electron chi connectivity index (χ1n) is 9.86. The van der Waals surface area contributed by atoms with E-state index in [-0.39, 0.29) is 17.1 Å². The van der Waals surface area contributed by atoms with Gasteiger partial charge in [0.25, 0.3) is 0 Å². The highest BCUT2D eigenvalue weighted by Gasteiger charge is 2.34. The monoisotopic (exact) mass is 522 g/mol. The zero-order chi connectivity index (χ0) is 20.4. The van der Waals surface area contributed by atoms with Gasteiger partial charge in [-0.15, -0.1) is 0 Å². The Morgan fingerprint density at radius 2 is 1.81 bits per heavy atom. The molecule has 0 aliphatic carbocycles. The maximum atomic E-state index is 13.5. The van der Waals surface area contributed by atoms with E-state index in [0.717, 1.165) is 34.6 Å². The Hall–Kier alpha value is -0.213. The molecule has 0 N–H and O–H groups in total. The molecule has 0 saturated carbocycles. The van der Waals surface area contributed by atoms with Gasteiger partial charge in [0.05, 0.1) is 17.4 Å². The van der Waals surface area contributed by atoms with Crippen molar-refractivity contribution in [2.75, 3.05) is 11.0 Å². The minimum atomic E-state index is -1.45. The van der Waals surface area contributed by atoms with Crippen LogP contribution in [0.25, 0.3) is 0 Å². The van der Waals surface area contributed by atoms with Crippen LogP contribution in [0.4, 0.5) is 0 Å². The van der Waals surface area contributed by atoms with Gasteiger partial charge in [-0.3, -0.25) is 9.00 Å². The predicted octanol–water partition coefficient (Wildman–Crippen LogP) is 5.98. The minimum Gasteiger partial charge on any atom is -0.466 e. The molecule has 1 aromatic rings. The smallest absolute Gasteiger partial charge is 0.306 e. The van der Waals surface area contributed by atoms with Crippen molar-refractivity contribution < 1.29 is 13.7 Å². The molecule has 27 heavy (non-hydrogen) atoms. The number of ether oxygens (including phenoxy) is 1. The quantitative estimate of drug-likeness (QED) is 0.111. The van der Waals surface area contributed by atoms with Gasteiger partial charge in [-0.2, -0.15) is 0 Å². The fourth-order valence-electron chi connectivity index (χ4n) is 3.22. The van der Waals surface area contributed by atoms with Crippen molar-refractivity contribution in [3.63, 3.8) is 0 Å². The lowest BCUT2D eigenvalue weighted by atomic mass is 9.95. The summed E-state index contributed by atoms with van der Waals surface area (Å²) in [6.45, 7) is 11.2. The minimum absolute atomic E-state index is 0.0120. The molecule has 0 saturated heterocycles. The molecule has 0 aromatic heterocycles. The van der Waals surface area contributed by atoms with Crippen LogP contribution in [0.5, 0.6) is 0 Å². The first-order chi connectivity index (χ1) is 12.7. The largest absolute Gasteiger partial charge is 0.466 e. The second-order valence-electron chi connectivity index (χ2n) is 8.37. The van der Waals surface area contributed by atoms with E-state index >= 15 is 0 Å². The summed E-state index contributed by atoms with van der Waals surface area (Å²) in [5, 5.41) is 0.0120. The van der Waals surface area contributed by atoms with E-state index in [2.05, 4.69) is 42.2 Å². The fourth-order valence-corrected chi connectivity index (χ4v) is 8.74. The highest BCUT2D eigenvalue weighted by molar-refractivity contribution is 14.1. The Labute approximate surface area is 182 Å². The summed E-state index contributed by atoms with van der Waals surface area (Å²) < 4.78 is 19.9. The summed E-state index contributed by atoms with van der Waals surface area (Å²) in [4.78, 5) is 13.1. The molecule has 3 nitrogen and oxygen atoms in total. The Bertz CT molecular complexity index is 598. The molecule has 0 aliphatic heterocycles. The molecular weight excluding hydrogens is 487 g/mol. The Morgan fingerprint density at radius 3 is 2.33 bits per heavy atom. The van der Waals surface area contributed by atoms with Crippen molar-refractivity contribution in [1.82, 2.24) is 0 Å². The molecule has 0 heterocycles. The lowest BCUT2D eigenvalue weighted by Gasteiger charge is -2.31. The number of unbranched alkanes of at least 4 members (excludes halogenated alkanes) is 1. The standard InChI is InChI=1S/C21H35IO3SSi/c1-6-25-21(23)15-18(9-7-8-14-22)20(16-27(3,4)5)26(24)19-12-10-17(2)11-13-19/h10-13,18,20H,6-9,14-16H2,1-5H3/t18?,20-,26-/m0/s1. The number of hydrogen-bond acceptors (Lipinski definition) is 3. The van der Waals surface area contributed by atoms with Crippen LogP contribution in [0.15, 0.2) is 29.2 Å². The van der Waals surface area contributed by atoms with E-state index in [9.17, 15) is 9.00 Å². The van der Waals surface area contributed by atoms with Gasteiger partial charge in [-0.05, 0) is 55.2 Å². The van der Waals surface area contributed by atoms with E-state index < -0.39 is 18.9 Å². The number of carbonyl (C=O) groups excluding carboxylic acids is 1. The summed E-state index contributed by atoms with van der Waals surface area (Å²) >= 11 is 2.39. The molecule has 0 bridgehead atoms. The maximum absolute atomic E-state index is 13.5. The molecule has 0 radical (unpaired) electrons. The third kappa shape index (κ3) is 9.70. The highest BCUT2D eigenvalue weighted by Crippen LogP contribution is 2.32. The third-order valence-corrected chi connectivity index (χ3v) is 9.12. The summed E-state index contributed by atoms with van der Waals surface area (Å²) in [5.41, 5.74) is 1.17. The first-order valence-corrected chi connectivity index (χ1v) is 16.3. The molecule has 0 amide bonds. The van der Waals surface area contributed by atoms with Gasteiger partial charge in [0.2, 0.25) is 0 Å². The van der Waals surface area contributed by atoms with Crippen molar-refractivity contribution in [2.45, 2.75) is 75.4 Å². The van der Waals surface area contributed by atoms with Crippen molar-refractivity contribution in [3.05, 3.63) is 29.8 Å². The molecule has 0 fully saturated rings. The van der Waals surface area contributed by atoms with Gasteiger partial charge >= 0.3 is 5.97 Å². The van der Waals surface area contributed by atoms with Crippen molar-refractivity contribution >= 4 is 47.4 Å². The zero-order valence-electron chi connectivity index (χ0n) is 17.4. The second-order valence-corrected chi connectivity index (χ2v) is 16.6. The van der Waals surface area contributed by atoms with Crippen LogP contribution < -0.4 is 0 Å². The molecule has 6 heteroatoms. The topological polar surface area (TPSA) is 43.4 Å². The van der Waals surface area contributed by atoms with Gasteiger partial charge < -0.3 is 4.74 Å². The van der Waals surface area contributed by atoms with Crippen LogP contribution in [0.3, 0.4) is 0 Å². The highest BCUT2D eigenvalue weighted by atomic mass is 127. The van der Waals surface area contributed by atoms with Gasteiger partial charge in [0.1, 0.15) is 0 Å². The Kier molecular flexibility index (Phi) is 11.4. The Balaban J connectivity index is 3.12. The number of esters is 1. The number of carbonyl (C=O) groups is 1. The number of aryl methyl sites for hydroxylation is 1. The van der Waals surface area contributed by atoms with Gasteiger partial charge in [0.15, 0.2) is 0 Å². The zero-order valence-corrected chi connectivity index (χ0v) is 21.4. The van der Waals surface area contributed by atoms with Crippen LogP contribution in [0, 0.1) is 12.8 Å². The fraction of sp³-hybridized carbons (Fsp3) is 0.667. The number of halogens is 1. The van der Waals surface area contributed by atoms with Gasteiger partial charge in [-0.1, -0.05) is 66.3 Å². The molecule has 154 valence electrons. The predicted molar refractivity (Wildman–Crippen MR) is 127 cm³/mol. The van der Waals surface area contributed by atoms with Crippen molar-refractivity contribution in [1.29, 1.82) is 0 Å². The summed E-state index contributed by atoms with van der Waals surface area (Å²) in [5.74, 6) is -0.0423. The Morgan fingerprint density at radius 1 is 1.19 bits per heavy atom. The molecule has 1 aromatic carbocycles. The van der Waals surface area contributed by atoms with Gasteiger partial charge in [-0.25, -0.2) is 0 Å². The average Bonchev–Trinajstić information content (AvgIpc) is 2.58. The lowest BCUT2D eigenvalue weighted by molar-refractivity contribution is -0.144. The summed E-state index contributed by atoms with van der Waals surface area (Å²) in [6.07, 6.45) is 3.52. The molecule has 3 atom stereocenters. The molecule has 1 unspecified atom stereocenters. The van der Waals surface area contributed by atoms with Gasteiger partial charge in [0, 0.05) is 24.6 Å². The van der Waals surface area contributed by atoms with E-state index in [1.54, 1.807) is 0 Å². The van der Waals surface area contributed by atoms with Crippen molar-refractivity contribution in [3.8, 4) is 0 Å². The number of benzene rings is 1. The third-order valence-electron chi connectivity index (χ3n) is 4.56. The maximum Gasteiger partial charge on any atom is 0.306 e.